The monoisotopic (exact) mass is 347 g/mol. The Bertz CT molecular complexity index is 676. The van der Waals surface area contributed by atoms with Crippen molar-refractivity contribution in [2.75, 3.05) is 27.6 Å². The van der Waals surface area contributed by atoms with Gasteiger partial charge in [0.05, 0.1) is 21.3 Å². The molecule has 0 saturated heterocycles. The SMILES string of the molecule is COc1cc(C(=O)NCc2ccc(SC)cc2)cc(OC)c1OC. The van der Waals surface area contributed by atoms with Crippen LogP contribution in [0.5, 0.6) is 17.2 Å². The topological polar surface area (TPSA) is 56.8 Å². The van der Waals surface area contributed by atoms with Crippen molar-refractivity contribution in [2.45, 2.75) is 11.4 Å². The normalized spacial score (nSPS) is 10.2. The van der Waals surface area contributed by atoms with Crippen LogP contribution in [0.25, 0.3) is 0 Å². The molecule has 0 spiro atoms. The fourth-order valence-corrected chi connectivity index (χ4v) is 2.65. The molecule has 0 aliphatic heterocycles. The van der Waals surface area contributed by atoms with Crippen LogP contribution in [0.3, 0.4) is 0 Å². The average molecular weight is 347 g/mol. The lowest BCUT2D eigenvalue weighted by atomic mass is 10.1. The summed E-state index contributed by atoms with van der Waals surface area (Å²) < 4.78 is 15.8. The van der Waals surface area contributed by atoms with E-state index in [-0.39, 0.29) is 5.91 Å². The second kappa shape index (κ2) is 8.49. The first-order valence-electron chi connectivity index (χ1n) is 7.34. The molecule has 6 heteroatoms. The summed E-state index contributed by atoms with van der Waals surface area (Å²) in [6, 6.07) is 11.3. The van der Waals surface area contributed by atoms with Gasteiger partial charge < -0.3 is 19.5 Å². The molecule has 0 aliphatic carbocycles. The van der Waals surface area contributed by atoms with Gasteiger partial charge >= 0.3 is 0 Å². The van der Waals surface area contributed by atoms with Crippen molar-refractivity contribution in [2.24, 2.45) is 0 Å². The highest BCUT2D eigenvalue weighted by Crippen LogP contribution is 2.38. The molecule has 0 bridgehead atoms. The van der Waals surface area contributed by atoms with Crippen LogP contribution in [0, 0.1) is 0 Å². The molecule has 5 nitrogen and oxygen atoms in total. The Balaban J connectivity index is 2.13. The summed E-state index contributed by atoms with van der Waals surface area (Å²) in [7, 11) is 4.57. The molecule has 2 aromatic carbocycles. The standard InChI is InChI=1S/C18H21NO4S/c1-21-15-9-13(10-16(22-2)17(15)23-3)18(20)19-11-12-5-7-14(24-4)8-6-12/h5-10H,11H2,1-4H3,(H,19,20). The zero-order valence-electron chi connectivity index (χ0n) is 14.2. The minimum Gasteiger partial charge on any atom is -0.493 e. The Hall–Kier alpha value is -2.34. The van der Waals surface area contributed by atoms with Crippen LogP contribution in [-0.4, -0.2) is 33.5 Å². The first kappa shape index (κ1) is 18.0. The van der Waals surface area contributed by atoms with Crippen molar-refractivity contribution >= 4 is 17.7 Å². The van der Waals surface area contributed by atoms with E-state index in [0.717, 1.165) is 5.56 Å². The molecule has 0 heterocycles. The lowest BCUT2D eigenvalue weighted by Gasteiger charge is -2.14. The third-order valence-electron chi connectivity index (χ3n) is 3.54. The first-order valence-corrected chi connectivity index (χ1v) is 8.56. The summed E-state index contributed by atoms with van der Waals surface area (Å²) in [6.07, 6.45) is 2.03. The highest BCUT2D eigenvalue weighted by atomic mass is 32.2. The van der Waals surface area contributed by atoms with E-state index < -0.39 is 0 Å². The van der Waals surface area contributed by atoms with Gasteiger partial charge in [-0.1, -0.05) is 12.1 Å². The average Bonchev–Trinajstić information content (AvgIpc) is 2.65. The van der Waals surface area contributed by atoms with Gasteiger partial charge in [-0.15, -0.1) is 11.8 Å². The lowest BCUT2D eigenvalue weighted by Crippen LogP contribution is -2.22. The predicted molar refractivity (Wildman–Crippen MR) is 95.5 cm³/mol. The van der Waals surface area contributed by atoms with Crippen LogP contribution >= 0.6 is 11.8 Å². The van der Waals surface area contributed by atoms with Gasteiger partial charge in [-0.2, -0.15) is 0 Å². The van der Waals surface area contributed by atoms with Crippen molar-refractivity contribution in [3.63, 3.8) is 0 Å². The summed E-state index contributed by atoms with van der Waals surface area (Å²) in [5.41, 5.74) is 1.49. The van der Waals surface area contributed by atoms with Crippen molar-refractivity contribution in [1.82, 2.24) is 5.32 Å². The number of amides is 1. The van der Waals surface area contributed by atoms with Crippen LogP contribution in [-0.2, 0) is 6.54 Å². The van der Waals surface area contributed by atoms with E-state index >= 15 is 0 Å². The molecular formula is C18H21NO4S. The van der Waals surface area contributed by atoms with Gasteiger partial charge in [-0.05, 0) is 36.1 Å². The van der Waals surface area contributed by atoms with Gasteiger partial charge in [0, 0.05) is 17.0 Å². The predicted octanol–water partition coefficient (Wildman–Crippen LogP) is 3.36. The number of methoxy groups -OCH3 is 3. The van der Waals surface area contributed by atoms with Gasteiger partial charge in [-0.3, -0.25) is 4.79 Å². The number of thioether (sulfide) groups is 1. The first-order chi connectivity index (χ1) is 11.6. The second-order valence-electron chi connectivity index (χ2n) is 4.94. The van der Waals surface area contributed by atoms with Gasteiger partial charge in [0.2, 0.25) is 5.75 Å². The summed E-state index contributed by atoms with van der Waals surface area (Å²) in [6.45, 7) is 0.449. The molecule has 0 radical (unpaired) electrons. The molecule has 1 N–H and O–H groups in total. The van der Waals surface area contributed by atoms with E-state index in [1.807, 2.05) is 30.5 Å². The van der Waals surface area contributed by atoms with E-state index in [4.69, 9.17) is 14.2 Å². The highest BCUT2D eigenvalue weighted by molar-refractivity contribution is 7.98. The van der Waals surface area contributed by atoms with E-state index in [9.17, 15) is 4.79 Å². The van der Waals surface area contributed by atoms with E-state index in [1.54, 1.807) is 23.9 Å². The number of hydrogen-bond donors (Lipinski definition) is 1. The molecule has 2 rings (SSSR count). The molecule has 0 unspecified atom stereocenters. The zero-order valence-corrected chi connectivity index (χ0v) is 15.0. The maximum atomic E-state index is 12.4. The maximum Gasteiger partial charge on any atom is 0.251 e. The molecule has 0 atom stereocenters. The second-order valence-corrected chi connectivity index (χ2v) is 5.82. The Morgan fingerprint density at radius 1 is 1.00 bits per heavy atom. The summed E-state index contributed by atoms with van der Waals surface area (Å²) in [5.74, 6) is 1.16. The molecule has 0 aliphatic rings. The zero-order chi connectivity index (χ0) is 17.5. The van der Waals surface area contributed by atoms with Gasteiger partial charge in [-0.25, -0.2) is 0 Å². The van der Waals surface area contributed by atoms with Crippen LogP contribution < -0.4 is 19.5 Å². The van der Waals surface area contributed by atoms with Crippen molar-refractivity contribution in [3.05, 3.63) is 47.5 Å². The van der Waals surface area contributed by atoms with Gasteiger partial charge in [0.1, 0.15) is 0 Å². The van der Waals surface area contributed by atoms with Crippen LogP contribution in [0.2, 0.25) is 0 Å². The number of ether oxygens (including phenoxy) is 3. The highest BCUT2D eigenvalue weighted by Gasteiger charge is 2.16. The summed E-state index contributed by atoms with van der Waals surface area (Å²) in [5, 5.41) is 2.90. The van der Waals surface area contributed by atoms with Crippen LogP contribution in [0.15, 0.2) is 41.3 Å². The molecule has 0 aromatic heterocycles. The summed E-state index contributed by atoms with van der Waals surface area (Å²) >= 11 is 1.68. The molecule has 2 aromatic rings. The van der Waals surface area contributed by atoms with Crippen LogP contribution in [0.1, 0.15) is 15.9 Å². The van der Waals surface area contributed by atoms with Crippen molar-refractivity contribution in [3.8, 4) is 17.2 Å². The largest absolute Gasteiger partial charge is 0.493 e. The smallest absolute Gasteiger partial charge is 0.251 e. The number of nitrogens with one attached hydrogen (secondary N) is 1. The molecule has 0 fully saturated rings. The quantitative estimate of drug-likeness (QED) is 0.778. The molecular weight excluding hydrogens is 326 g/mol. The number of carbonyl (C=O) groups excluding carboxylic acids is 1. The number of benzene rings is 2. The third kappa shape index (κ3) is 4.14. The molecule has 0 saturated carbocycles. The van der Waals surface area contributed by atoms with Crippen LogP contribution in [0.4, 0.5) is 0 Å². The number of rotatable bonds is 7. The Kier molecular flexibility index (Phi) is 6.37. The Morgan fingerprint density at radius 2 is 1.58 bits per heavy atom. The molecule has 128 valence electrons. The fourth-order valence-electron chi connectivity index (χ4n) is 2.24. The van der Waals surface area contributed by atoms with Gasteiger partial charge in [0.25, 0.3) is 5.91 Å². The van der Waals surface area contributed by atoms with Gasteiger partial charge in [0.15, 0.2) is 11.5 Å². The third-order valence-corrected chi connectivity index (χ3v) is 4.28. The lowest BCUT2D eigenvalue weighted by molar-refractivity contribution is 0.0950. The molecule has 24 heavy (non-hydrogen) atoms. The minimum atomic E-state index is -0.205. The van der Waals surface area contributed by atoms with E-state index in [2.05, 4.69) is 5.32 Å². The van der Waals surface area contributed by atoms with Crippen molar-refractivity contribution in [1.29, 1.82) is 0 Å². The van der Waals surface area contributed by atoms with Crippen molar-refractivity contribution < 1.29 is 19.0 Å². The molecule has 1 amide bonds. The maximum absolute atomic E-state index is 12.4. The Morgan fingerprint density at radius 3 is 2.04 bits per heavy atom. The number of hydrogen-bond acceptors (Lipinski definition) is 5. The Labute approximate surface area is 146 Å². The van der Waals surface area contributed by atoms with E-state index in [1.165, 1.54) is 26.2 Å². The fraction of sp³-hybridized carbons (Fsp3) is 0.278. The number of carbonyl (C=O) groups is 1. The van der Waals surface area contributed by atoms with E-state index in [0.29, 0.717) is 29.4 Å². The minimum absolute atomic E-state index is 0.205. The summed E-state index contributed by atoms with van der Waals surface area (Å²) in [4.78, 5) is 13.6.